The third kappa shape index (κ3) is 7.61. The first kappa shape index (κ1) is 23.1. The summed E-state index contributed by atoms with van der Waals surface area (Å²) in [6.07, 6.45) is 3.91. The molecule has 2 aromatic rings. The van der Waals surface area contributed by atoms with Crippen LogP contribution in [-0.2, 0) is 19.5 Å². The Hall–Kier alpha value is -2.22. The van der Waals surface area contributed by atoms with Crippen LogP contribution in [0.4, 0.5) is 0 Å². The maximum absolute atomic E-state index is 5.20. The number of rotatable bonds is 11. The minimum absolute atomic E-state index is 0.569. The van der Waals surface area contributed by atoms with Crippen molar-refractivity contribution in [1.82, 2.24) is 25.4 Å². The predicted octanol–water partition coefficient (Wildman–Crippen LogP) is 3.35. The number of benzene rings is 1. The SMILES string of the molecule is CCNC(=NCc1ccc(OC)cc1)NCCCc1nnc(SC)n1CC(C)C. The summed E-state index contributed by atoms with van der Waals surface area (Å²) in [4.78, 5) is 4.68. The van der Waals surface area contributed by atoms with Gasteiger partial charge in [0.2, 0.25) is 0 Å². The monoisotopic (exact) mass is 418 g/mol. The van der Waals surface area contributed by atoms with Crippen LogP contribution in [0.2, 0.25) is 0 Å². The molecule has 0 aliphatic rings. The smallest absolute Gasteiger partial charge is 0.191 e. The molecule has 7 nitrogen and oxygen atoms in total. The van der Waals surface area contributed by atoms with Gasteiger partial charge in [0.15, 0.2) is 11.1 Å². The standard InChI is InChI=1S/C21H34N6OS/c1-6-22-20(24-14-17-9-11-18(28-4)12-10-17)23-13-7-8-19-25-26-21(29-5)27(19)15-16(2)3/h9-12,16H,6-8,13-15H2,1-5H3,(H2,22,23,24). The van der Waals surface area contributed by atoms with E-state index in [-0.39, 0.29) is 0 Å². The summed E-state index contributed by atoms with van der Waals surface area (Å²) in [5.41, 5.74) is 1.15. The van der Waals surface area contributed by atoms with Crippen LogP contribution < -0.4 is 15.4 Å². The molecule has 0 unspecified atom stereocenters. The summed E-state index contributed by atoms with van der Waals surface area (Å²) in [6, 6.07) is 8.00. The van der Waals surface area contributed by atoms with Gasteiger partial charge < -0.3 is 19.9 Å². The Morgan fingerprint density at radius 3 is 2.59 bits per heavy atom. The molecule has 29 heavy (non-hydrogen) atoms. The van der Waals surface area contributed by atoms with E-state index in [1.807, 2.05) is 30.5 Å². The number of thioether (sulfide) groups is 1. The van der Waals surface area contributed by atoms with Crippen molar-refractivity contribution in [2.75, 3.05) is 26.5 Å². The van der Waals surface area contributed by atoms with Gasteiger partial charge >= 0.3 is 0 Å². The van der Waals surface area contributed by atoms with E-state index in [0.717, 1.165) is 60.7 Å². The lowest BCUT2D eigenvalue weighted by molar-refractivity contribution is 0.414. The Morgan fingerprint density at radius 2 is 1.97 bits per heavy atom. The summed E-state index contributed by atoms with van der Waals surface area (Å²) in [5, 5.41) is 16.4. The van der Waals surface area contributed by atoms with E-state index in [4.69, 9.17) is 4.74 Å². The molecule has 0 radical (unpaired) electrons. The molecule has 0 spiro atoms. The number of ether oxygens (including phenoxy) is 1. The third-order valence-corrected chi connectivity index (χ3v) is 4.98. The van der Waals surface area contributed by atoms with Crippen LogP contribution in [-0.4, -0.2) is 47.2 Å². The minimum Gasteiger partial charge on any atom is -0.497 e. The first-order valence-corrected chi connectivity index (χ1v) is 11.4. The average molecular weight is 419 g/mol. The van der Waals surface area contributed by atoms with Gasteiger partial charge in [0.25, 0.3) is 0 Å². The van der Waals surface area contributed by atoms with Gasteiger partial charge in [-0.25, -0.2) is 4.99 Å². The molecule has 0 aliphatic carbocycles. The summed E-state index contributed by atoms with van der Waals surface area (Å²) >= 11 is 1.65. The molecule has 0 saturated heterocycles. The zero-order chi connectivity index (χ0) is 21.1. The van der Waals surface area contributed by atoms with Crippen molar-refractivity contribution >= 4 is 17.7 Å². The Balaban J connectivity index is 1.86. The van der Waals surface area contributed by atoms with Gasteiger partial charge in [-0.15, -0.1) is 10.2 Å². The number of nitrogens with one attached hydrogen (secondary N) is 2. The van der Waals surface area contributed by atoms with Crippen LogP contribution in [0.5, 0.6) is 5.75 Å². The summed E-state index contributed by atoms with van der Waals surface area (Å²) in [7, 11) is 1.67. The second-order valence-corrected chi connectivity index (χ2v) is 7.95. The summed E-state index contributed by atoms with van der Waals surface area (Å²) in [6.45, 7) is 9.75. The Kier molecular flexibility index (Phi) is 9.83. The van der Waals surface area contributed by atoms with Crippen molar-refractivity contribution in [2.45, 2.75) is 51.9 Å². The van der Waals surface area contributed by atoms with Crippen LogP contribution in [0.15, 0.2) is 34.4 Å². The minimum atomic E-state index is 0.569. The highest BCUT2D eigenvalue weighted by Gasteiger charge is 2.12. The fourth-order valence-corrected chi connectivity index (χ4v) is 3.42. The number of methoxy groups -OCH3 is 1. The highest BCUT2D eigenvalue weighted by Crippen LogP contribution is 2.16. The van der Waals surface area contributed by atoms with Gasteiger partial charge in [-0.05, 0) is 43.2 Å². The fourth-order valence-electron chi connectivity index (χ4n) is 2.90. The van der Waals surface area contributed by atoms with Gasteiger partial charge in [-0.3, -0.25) is 0 Å². The molecule has 2 rings (SSSR count). The normalized spacial score (nSPS) is 11.7. The van der Waals surface area contributed by atoms with Gasteiger partial charge in [0.05, 0.1) is 13.7 Å². The van der Waals surface area contributed by atoms with Gasteiger partial charge in [0.1, 0.15) is 11.6 Å². The number of guanidine groups is 1. The lowest BCUT2D eigenvalue weighted by Crippen LogP contribution is -2.37. The van der Waals surface area contributed by atoms with Crippen molar-refractivity contribution in [2.24, 2.45) is 10.9 Å². The Bertz CT molecular complexity index is 757. The Labute approximate surface area is 178 Å². The highest BCUT2D eigenvalue weighted by molar-refractivity contribution is 7.98. The number of aromatic nitrogens is 3. The molecule has 0 atom stereocenters. The van der Waals surface area contributed by atoms with Crippen LogP contribution in [0.25, 0.3) is 0 Å². The number of aliphatic imine (C=N–C) groups is 1. The fraction of sp³-hybridized carbons (Fsp3) is 0.571. The number of hydrogen-bond donors (Lipinski definition) is 2. The molecular formula is C21H34N6OS. The van der Waals surface area contributed by atoms with Crippen LogP contribution in [0, 0.1) is 5.92 Å². The number of aryl methyl sites for hydroxylation is 1. The maximum Gasteiger partial charge on any atom is 0.191 e. The molecular weight excluding hydrogens is 384 g/mol. The lowest BCUT2D eigenvalue weighted by Gasteiger charge is -2.13. The molecule has 160 valence electrons. The molecule has 8 heteroatoms. The molecule has 2 N–H and O–H groups in total. The second-order valence-electron chi connectivity index (χ2n) is 7.18. The molecule has 0 fully saturated rings. The first-order valence-electron chi connectivity index (χ1n) is 10.2. The quantitative estimate of drug-likeness (QED) is 0.252. The molecule has 1 aromatic heterocycles. The highest BCUT2D eigenvalue weighted by atomic mass is 32.2. The van der Waals surface area contributed by atoms with E-state index in [1.54, 1.807) is 18.9 Å². The third-order valence-electron chi connectivity index (χ3n) is 4.32. The van der Waals surface area contributed by atoms with Crippen molar-refractivity contribution in [1.29, 1.82) is 0 Å². The number of hydrogen-bond acceptors (Lipinski definition) is 5. The molecule has 0 saturated carbocycles. The van der Waals surface area contributed by atoms with Crippen LogP contribution in [0.1, 0.15) is 38.6 Å². The van der Waals surface area contributed by atoms with E-state index < -0.39 is 0 Å². The van der Waals surface area contributed by atoms with Gasteiger partial charge in [-0.1, -0.05) is 37.7 Å². The van der Waals surface area contributed by atoms with Crippen LogP contribution in [0.3, 0.4) is 0 Å². The van der Waals surface area contributed by atoms with Crippen molar-refractivity contribution < 1.29 is 4.74 Å². The van der Waals surface area contributed by atoms with E-state index in [1.165, 1.54) is 0 Å². The van der Waals surface area contributed by atoms with E-state index in [9.17, 15) is 0 Å². The largest absolute Gasteiger partial charge is 0.497 e. The second kappa shape index (κ2) is 12.4. The first-order chi connectivity index (χ1) is 14.1. The zero-order valence-corrected chi connectivity index (χ0v) is 19.1. The maximum atomic E-state index is 5.20. The molecule has 1 heterocycles. The Morgan fingerprint density at radius 1 is 1.21 bits per heavy atom. The topological polar surface area (TPSA) is 76.4 Å². The summed E-state index contributed by atoms with van der Waals surface area (Å²) in [5.74, 6) is 3.32. The molecule has 0 amide bonds. The van der Waals surface area contributed by atoms with Crippen molar-refractivity contribution in [3.63, 3.8) is 0 Å². The average Bonchev–Trinajstić information content (AvgIpc) is 3.10. The number of nitrogens with zero attached hydrogens (tertiary/aromatic N) is 4. The molecule has 0 aliphatic heterocycles. The predicted molar refractivity (Wildman–Crippen MR) is 121 cm³/mol. The summed E-state index contributed by atoms with van der Waals surface area (Å²) < 4.78 is 7.45. The van der Waals surface area contributed by atoms with E-state index in [2.05, 4.69) is 51.2 Å². The zero-order valence-electron chi connectivity index (χ0n) is 18.2. The van der Waals surface area contributed by atoms with Gasteiger partial charge in [-0.2, -0.15) is 0 Å². The van der Waals surface area contributed by atoms with E-state index >= 15 is 0 Å². The molecule has 0 bridgehead atoms. The van der Waals surface area contributed by atoms with Crippen molar-refractivity contribution in [3.05, 3.63) is 35.7 Å². The molecule has 1 aromatic carbocycles. The van der Waals surface area contributed by atoms with E-state index in [0.29, 0.717) is 12.5 Å². The van der Waals surface area contributed by atoms with Crippen molar-refractivity contribution in [3.8, 4) is 5.75 Å². The van der Waals surface area contributed by atoms with Gasteiger partial charge in [0, 0.05) is 26.1 Å². The lowest BCUT2D eigenvalue weighted by atomic mass is 10.2. The van der Waals surface area contributed by atoms with Crippen LogP contribution >= 0.6 is 11.8 Å².